The number of nitrogens with zero attached hydrogens (tertiary/aromatic N) is 2. The molecular formula is C13H18N4OS. The molecule has 0 radical (unpaired) electrons. The van der Waals surface area contributed by atoms with E-state index in [0.717, 1.165) is 24.2 Å². The number of hydrogen-bond donors (Lipinski definition) is 3. The van der Waals surface area contributed by atoms with Crippen LogP contribution in [-0.4, -0.2) is 22.6 Å². The Morgan fingerprint density at radius 2 is 2.32 bits per heavy atom. The SMILES string of the molecule is CC(C)(CCNc1ccc2ncsc2c1)/C(N)=N/O. The molecule has 0 unspecified atom stereocenters. The van der Waals surface area contributed by atoms with Crippen LogP contribution < -0.4 is 11.1 Å². The standard InChI is InChI=1S/C13H18N4OS/c1-13(2,12(14)17-18)5-6-15-9-3-4-10-11(7-9)19-8-16-10/h3-4,7-8,15,18H,5-6H2,1-2H3,(H2,14,17). The smallest absolute Gasteiger partial charge is 0.144 e. The summed E-state index contributed by atoms with van der Waals surface area (Å²) in [6, 6.07) is 6.10. The molecule has 0 atom stereocenters. The zero-order chi connectivity index (χ0) is 13.9. The highest BCUT2D eigenvalue weighted by molar-refractivity contribution is 7.16. The van der Waals surface area contributed by atoms with Crippen molar-refractivity contribution in [2.24, 2.45) is 16.3 Å². The number of hydrogen-bond acceptors (Lipinski definition) is 5. The minimum Gasteiger partial charge on any atom is -0.409 e. The number of anilines is 1. The van der Waals surface area contributed by atoms with Gasteiger partial charge in [-0.15, -0.1) is 11.3 Å². The van der Waals surface area contributed by atoms with Gasteiger partial charge in [0.15, 0.2) is 0 Å². The summed E-state index contributed by atoms with van der Waals surface area (Å²) in [6.07, 6.45) is 0.781. The van der Waals surface area contributed by atoms with Crippen molar-refractivity contribution in [3.8, 4) is 0 Å². The van der Waals surface area contributed by atoms with E-state index >= 15 is 0 Å². The van der Waals surface area contributed by atoms with Gasteiger partial charge in [-0.2, -0.15) is 0 Å². The Hall–Kier alpha value is -1.82. The van der Waals surface area contributed by atoms with Crippen molar-refractivity contribution in [1.82, 2.24) is 4.98 Å². The Morgan fingerprint density at radius 3 is 3.05 bits per heavy atom. The summed E-state index contributed by atoms with van der Waals surface area (Å²) in [7, 11) is 0. The number of rotatable bonds is 5. The summed E-state index contributed by atoms with van der Waals surface area (Å²) in [6.45, 7) is 4.67. The Kier molecular flexibility index (Phi) is 3.90. The van der Waals surface area contributed by atoms with Crippen LogP contribution >= 0.6 is 11.3 Å². The maximum atomic E-state index is 8.72. The van der Waals surface area contributed by atoms with E-state index in [9.17, 15) is 0 Å². The topological polar surface area (TPSA) is 83.5 Å². The van der Waals surface area contributed by atoms with Crippen LogP contribution in [0.15, 0.2) is 28.9 Å². The molecule has 4 N–H and O–H groups in total. The maximum Gasteiger partial charge on any atom is 0.144 e. The summed E-state index contributed by atoms with van der Waals surface area (Å²) in [5.41, 5.74) is 9.26. The van der Waals surface area contributed by atoms with E-state index in [1.807, 2.05) is 31.5 Å². The Morgan fingerprint density at radius 1 is 1.53 bits per heavy atom. The van der Waals surface area contributed by atoms with Crippen LogP contribution in [0.4, 0.5) is 5.69 Å². The van der Waals surface area contributed by atoms with E-state index in [0.29, 0.717) is 0 Å². The second kappa shape index (κ2) is 5.44. The van der Waals surface area contributed by atoms with E-state index in [1.165, 1.54) is 4.70 Å². The number of thiazole rings is 1. The monoisotopic (exact) mass is 278 g/mol. The molecule has 0 amide bonds. The maximum absolute atomic E-state index is 8.72. The fourth-order valence-electron chi connectivity index (χ4n) is 1.75. The quantitative estimate of drug-likeness (QED) is 0.340. The predicted molar refractivity (Wildman–Crippen MR) is 79.9 cm³/mol. The fraction of sp³-hybridized carbons (Fsp3) is 0.385. The molecule has 6 heteroatoms. The van der Waals surface area contributed by atoms with Gasteiger partial charge in [0.2, 0.25) is 0 Å². The van der Waals surface area contributed by atoms with Gasteiger partial charge >= 0.3 is 0 Å². The van der Waals surface area contributed by atoms with Crippen LogP contribution in [0.3, 0.4) is 0 Å². The molecular weight excluding hydrogens is 260 g/mol. The number of aromatic nitrogens is 1. The van der Waals surface area contributed by atoms with Gasteiger partial charge in [-0.1, -0.05) is 19.0 Å². The Bertz CT molecular complexity index is 591. The van der Waals surface area contributed by atoms with Crippen LogP contribution in [0.5, 0.6) is 0 Å². The molecule has 1 aromatic carbocycles. The first-order valence-electron chi connectivity index (χ1n) is 6.08. The molecule has 0 aliphatic heterocycles. The van der Waals surface area contributed by atoms with Crippen LogP contribution in [0, 0.1) is 5.41 Å². The predicted octanol–water partition coefficient (Wildman–Crippen LogP) is 2.87. The molecule has 19 heavy (non-hydrogen) atoms. The minimum absolute atomic E-state index is 0.257. The number of fused-ring (bicyclic) bond motifs is 1. The molecule has 1 heterocycles. The average molecular weight is 278 g/mol. The molecule has 2 rings (SSSR count). The number of benzene rings is 1. The fourth-order valence-corrected chi connectivity index (χ4v) is 2.46. The van der Waals surface area contributed by atoms with E-state index in [4.69, 9.17) is 10.9 Å². The molecule has 102 valence electrons. The Labute approximate surface area is 116 Å². The number of nitrogens with two attached hydrogens (primary N) is 1. The molecule has 2 aromatic rings. The van der Waals surface area contributed by atoms with Crippen LogP contribution in [0.1, 0.15) is 20.3 Å². The van der Waals surface area contributed by atoms with Crippen molar-refractivity contribution in [2.75, 3.05) is 11.9 Å². The van der Waals surface area contributed by atoms with Crippen LogP contribution in [-0.2, 0) is 0 Å². The number of oxime groups is 1. The Balaban J connectivity index is 1.95. The normalized spacial score (nSPS) is 12.8. The third-order valence-corrected chi connectivity index (χ3v) is 4.00. The lowest BCUT2D eigenvalue weighted by Gasteiger charge is -2.23. The van der Waals surface area contributed by atoms with E-state index in [1.54, 1.807) is 11.3 Å². The summed E-state index contributed by atoms with van der Waals surface area (Å²) < 4.78 is 1.17. The first-order chi connectivity index (χ1) is 9.03. The second-order valence-corrected chi connectivity index (χ2v) is 5.97. The van der Waals surface area contributed by atoms with Crippen molar-refractivity contribution in [1.29, 1.82) is 0 Å². The second-order valence-electron chi connectivity index (χ2n) is 5.08. The minimum atomic E-state index is -0.323. The number of amidine groups is 1. The van der Waals surface area contributed by atoms with Gasteiger partial charge in [0, 0.05) is 17.6 Å². The first-order valence-corrected chi connectivity index (χ1v) is 6.96. The average Bonchev–Trinajstić information content (AvgIpc) is 2.84. The molecule has 0 saturated carbocycles. The van der Waals surface area contributed by atoms with Crippen molar-refractivity contribution in [3.05, 3.63) is 23.7 Å². The summed E-state index contributed by atoms with van der Waals surface area (Å²) in [4.78, 5) is 4.24. The molecule has 1 aromatic heterocycles. The van der Waals surface area contributed by atoms with Gasteiger partial charge in [0.05, 0.1) is 15.7 Å². The van der Waals surface area contributed by atoms with Crippen molar-refractivity contribution >= 4 is 33.1 Å². The van der Waals surface area contributed by atoms with Crippen molar-refractivity contribution < 1.29 is 5.21 Å². The summed E-state index contributed by atoms with van der Waals surface area (Å²) >= 11 is 1.63. The molecule has 0 saturated heterocycles. The molecule has 0 aliphatic rings. The highest BCUT2D eigenvalue weighted by atomic mass is 32.1. The lowest BCUT2D eigenvalue weighted by Crippen LogP contribution is -2.33. The zero-order valence-corrected chi connectivity index (χ0v) is 11.9. The van der Waals surface area contributed by atoms with Crippen molar-refractivity contribution in [2.45, 2.75) is 20.3 Å². The van der Waals surface area contributed by atoms with Gasteiger partial charge < -0.3 is 16.3 Å². The molecule has 5 nitrogen and oxygen atoms in total. The van der Waals surface area contributed by atoms with E-state index in [-0.39, 0.29) is 11.3 Å². The largest absolute Gasteiger partial charge is 0.409 e. The van der Waals surface area contributed by atoms with E-state index < -0.39 is 0 Å². The van der Waals surface area contributed by atoms with Gasteiger partial charge in [-0.25, -0.2) is 4.98 Å². The lowest BCUT2D eigenvalue weighted by molar-refractivity contribution is 0.306. The van der Waals surface area contributed by atoms with E-state index in [2.05, 4.69) is 21.5 Å². The zero-order valence-electron chi connectivity index (χ0n) is 11.1. The van der Waals surface area contributed by atoms with Gasteiger partial charge in [0.1, 0.15) is 5.84 Å². The lowest BCUT2D eigenvalue weighted by atomic mass is 9.88. The van der Waals surface area contributed by atoms with Crippen molar-refractivity contribution in [3.63, 3.8) is 0 Å². The number of nitrogens with one attached hydrogen (secondary N) is 1. The third kappa shape index (κ3) is 3.14. The highest BCUT2D eigenvalue weighted by Crippen LogP contribution is 2.23. The summed E-state index contributed by atoms with van der Waals surface area (Å²) in [5.74, 6) is 0.257. The molecule has 0 aliphatic carbocycles. The molecule has 0 fully saturated rings. The van der Waals surface area contributed by atoms with Gasteiger partial charge in [-0.3, -0.25) is 0 Å². The van der Waals surface area contributed by atoms with Gasteiger partial charge in [0.25, 0.3) is 0 Å². The third-order valence-electron chi connectivity index (χ3n) is 3.21. The molecule has 0 spiro atoms. The highest BCUT2D eigenvalue weighted by Gasteiger charge is 2.22. The summed E-state index contributed by atoms with van der Waals surface area (Å²) in [5, 5.41) is 15.1. The van der Waals surface area contributed by atoms with Crippen LogP contribution in [0.25, 0.3) is 10.2 Å². The van der Waals surface area contributed by atoms with Crippen LogP contribution in [0.2, 0.25) is 0 Å². The van der Waals surface area contributed by atoms with Gasteiger partial charge in [-0.05, 0) is 24.6 Å². The molecule has 0 bridgehead atoms. The first kappa shape index (κ1) is 13.6.